The van der Waals surface area contributed by atoms with Gasteiger partial charge in [-0.2, -0.15) is 0 Å². The average molecular weight is 279 g/mol. The fourth-order valence-corrected chi connectivity index (χ4v) is 2.03. The minimum atomic E-state index is -0.240. The van der Waals surface area contributed by atoms with Crippen LogP contribution in [0.25, 0.3) is 0 Å². The molecule has 1 aromatic rings. The molecule has 1 aromatic heterocycles. The Kier molecular flexibility index (Phi) is 5.95. The van der Waals surface area contributed by atoms with E-state index in [1.165, 1.54) is 0 Å². The summed E-state index contributed by atoms with van der Waals surface area (Å²) in [4.78, 5) is 17.7. The molecule has 2 amide bonds. The van der Waals surface area contributed by atoms with E-state index >= 15 is 0 Å². The largest absolute Gasteiger partial charge is 0.379 e. The van der Waals surface area contributed by atoms with Gasteiger partial charge >= 0.3 is 6.03 Å². The van der Waals surface area contributed by atoms with E-state index in [-0.39, 0.29) is 17.7 Å². The highest BCUT2D eigenvalue weighted by molar-refractivity contribution is 5.74. The number of methoxy groups -OCH3 is 1. The fraction of sp³-hybridized carbons (Fsp3) is 0.600. The molecule has 1 atom stereocenters. The summed E-state index contributed by atoms with van der Waals surface area (Å²) in [5.41, 5.74) is 0.818. The van der Waals surface area contributed by atoms with E-state index in [9.17, 15) is 4.79 Å². The van der Waals surface area contributed by atoms with E-state index in [2.05, 4.69) is 10.3 Å². The SMILES string of the molecule is COC(C)(C)CC(C)NC(=O)N(C)Cc1ccncc1. The topological polar surface area (TPSA) is 54.5 Å². The second kappa shape index (κ2) is 7.24. The molecule has 0 aliphatic carbocycles. The van der Waals surface area contributed by atoms with Crippen molar-refractivity contribution >= 4 is 6.03 Å². The zero-order chi connectivity index (χ0) is 15.2. The molecule has 1 heterocycles. The van der Waals surface area contributed by atoms with Crippen LogP contribution >= 0.6 is 0 Å². The summed E-state index contributed by atoms with van der Waals surface area (Å²) in [7, 11) is 3.47. The maximum atomic E-state index is 12.1. The Balaban J connectivity index is 2.45. The van der Waals surface area contributed by atoms with Crippen molar-refractivity contribution < 1.29 is 9.53 Å². The molecule has 0 bridgehead atoms. The van der Waals surface area contributed by atoms with Crippen molar-refractivity contribution in [3.05, 3.63) is 30.1 Å². The maximum absolute atomic E-state index is 12.1. The molecule has 112 valence electrons. The quantitative estimate of drug-likeness (QED) is 0.870. The number of carbonyl (C=O) groups is 1. The standard InChI is InChI=1S/C15H25N3O2/c1-12(10-15(2,3)20-5)17-14(19)18(4)11-13-6-8-16-9-7-13/h6-9,12H,10-11H2,1-5H3,(H,17,19). The number of hydrogen-bond donors (Lipinski definition) is 1. The minimum Gasteiger partial charge on any atom is -0.379 e. The van der Waals surface area contributed by atoms with Gasteiger partial charge in [-0.1, -0.05) is 0 Å². The van der Waals surface area contributed by atoms with E-state index in [1.807, 2.05) is 32.9 Å². The molecule has 0 radical (unpaired) electrons. The van der Waals surface area contributed by atoms with Crippen LogP contribution in [0.4, 0.5) is 4.79 Å². The smallest absolute Gasteiger partial charge is 0.317 e. The van der Waals surface area contributed by atoms with Gasteiger partial charge in [0, 0.05) is 39.1 Å². The van der Waals surface area contributed by atoms with Crippen LogP contribution in [0.5, 0.6) is 0 Å². The first-order valence-corrected chi connectivity index (χ1v) is 6.80. The molecule has 0 saturated carbocycles. The summed E-state index contributed by atoms with van der Waals surface area (Å²) < 4.78 is 5.37. The normalized spacial score (nSPS) is 12.8. The first kappa shape index (κ1) is 16.4. The monoisotopic (exact) mass is 279 g/mol. The van der Waals surface area contributed by atoms with Gasteiger partial charge in [0.25, 0.3) is 0 Å². The van der Waals surface area contributed by atoms with Gasteiger partial charge in [0.05, 0.1) is 5.60 Å². The number of hydrogen-bond acceptors (Lipinski definition) is 3. The first-order valence-electron chi connectivity index (χ1n) is 6.80. The van der Waals surface area contributed by atoms with Gasteiger partial charge in [0.2, 0.25) is 0 Å². The lowest BCUT2D eigenvalue weighted by atomic mass is 10.00. The maximum Gasteiger partial charge on any atom is 0.317 e. The molecule has 0 aliphatic rings. The average Bonchev–Trinajstić information content (AvgIpc) is 2.39. The van der Waals surface area contributed by atoms with Crippen LogP contribution < -0.4 is 5.32 Å². The van der Waals surface area contributed by atoms with Crippen LogP contribution in [0.3, 0.4) is 0 Å². The van der Waals surface area contributed by atoms with E-state index < -0.39 is 0 Å². The van der Waals surface area contributed by atoms with E-state index in [0.29, 0.717) is 6.54 Å². The number of ether oxygens (including phenoxy) is 1. The molecule has 0 spiro atoms. The van der Waals surface area contributed by atoms with Gasteiger partial charge in [-0.25, -0.2) is 4.79 Å². The van der Waals surface area contributed by atoms with Crippen molar-refractivity contribution in [2.45, 2.75) is 45.4 Å². The Hall–Kier alpha value is -1.62. The number of nitrogens with zero attached hydrogens (tertiary/aromatic N) is 2. The summed E-state index contributed by atoms with van der Waals surface area (Å²) >= 11 is 0. The number of amides is 2. The molecule has 1 rings (SSSR count). The Labute approximate surface area is 121 Å². The van der Waals surface area contributed by atoms with Crippen LogP contribution in [0.2, 0.25) is 0 Å². The van der Waals surface area contributed by atoms with Crippen molar-refractivity contribution in [3.63, 3.8) is 0 Å². The summed E-state index contributed by atoms with van der Waals surface area (Å²) in [6.45, 7) is 6.57. The molecule has 5 heteroatoms. The highest BCUT2D eigenvalue weighted by Gasteiger charge is 2.22. The molecule has 0 fully saturated rings. The van der Waals surface area contributed by atoms with Gasteiger partial charge in [0.15, 0.2) is 0 Å². The van der Waals surface area contributed by atoms with Crippen LogP contribution in [-0.4, -0.2) is 41.7 Å². The predicted octanol–water partition coefficient (Wildman–Crippen LogP) is 2.43. The third-order valence-corrected chi connectivity index (χ3v) is 3.24. The van der Waals surface area contributed by atoms with Gasteiger partial charge in [-0.15, -0.1) is 0 Å². The van der Waals surface area contributed by atoms with Crippen molar-refractivity contribution in [1.82, 2.24) is 15.2 Å². The molecular formula is C15H25N3O2. The van der Waals surface area contributed by atoms with Crippen molar-refractivity contribution in [2.24, 2.45) is 0 Å². The lowest BCUT2D eigenvalue weighted by Crippen LogP contribution is -2.44. The molecular weight excluding hydrogens is 254 g/mol. The second-order valence-corrected chi connectivity index (χ2v) is 5.73. The van der Waals surface area contributed by atoms with Crippen LogP contribution in [0.15, 0.2) is 24.5 Å². The number of nitrogens with one attached hydrogen (secondary N) is 1. The minimum absolute atomic E-state index is 0.0531. The molecule has 0 aliphatic heterocycles. The zero-order valence-electron chi connectivity index (χ0n) is 13.0. The van der Waals surface area contributed by atoms with Crippen molar-refractivity contribution in [2.75, 3.05) is 14.2 Å². The third kappa shape index (κ3) is 5.57. The summed E-state index contributed by atoms with van der Waals surface area (Å²) in [6, 6.07) is 3.78. The van der Waals surface area contributed by atoms with Gasteiger partial charge in [-0.3, -0.25) is 4.98 Å². The van der Waals surface area contributed by atoms with E-state index in [0.717, 1.165) is 12.0 Å². The number of aromatic nitrogens is 1. The Bertz CT molecular complexity index is 420. The molecule has 0 saturated heterocycles. The second-order valence-electron chi connectivity index (χ2n) is 5.73. The molecule has 1 unspecified atom stereocenters. The Morgan fingerprint density at radius 3 is 2.60 bits per heavy atom. The zero-order valence-corrected chi connectivity index (χ0v) is 13.0. The van der Waals surface area contributed by atoms with Crippen molar-refractivity contribution in [1.29, 1.82) is 0 Å². The molecule has 0 aromatic carbocycles. The lowest BCUT2D eigenvalue weighted by Gasteiger charge is -2.28. The highest BCUT2D eigenvalue weighted by Crippen LogP contribution is 2.15. The summed E-state index contributed by atoms with van der Waals surface area (Å²) in [5.74, 6) is 0. The van der Waals surface area contributed by atoms with E-state index in [4.69, 9.17) is 4.74 Å². The number of carbonyl (C=O) groups excluding carboxylic acids is 1. The number of pyridine rings is 1. The summed E-state index contributed by atoms with van der Waals surface area (Å²) in [6.07, 6.45) is 4.22. The number of rotatable bonds is 6. The summed E-state index contributed by atoms with van der Waals surface area (Å²) in [5, 5.41) is 2.98. The van der Waals surface area contributed by atoms with Gasteiger partial charge in [0.1, 0.15) is 0 Å². The first-order chi connectivity index (χ1) is 9.34. The van der Waals surface area contributed by atoms with Gasteiger partial charge in [-0.05, 0) is 44.9 Å². The van der Waals surface area contributed by atoms with Crippen LogP contribution in [0.1, 0.15) is 32.8 Å². The van der Waals surface area contributed by atoms with Crippen molar-refractivity contribution in [3.8, 4) is 0 Å². The third-order valence-electron chi connectivity index (χ3n) is 3.24. The molecule has 5 nitrogen and oxygen atoms in total. The highest BCUT2D eigenvalue weighted by atomic mass is 16.5. The van der Waals surface area contributed by atoms with E-state index in [1.54, 1.807) is 31.5 Å². The molecule has 20 heavy (non-hydrogen) atoms. The van der Waals surface area contributed by atoms with Gasteiger partial charge < -0.3 is 15.0 Å². The number of urea groups is 1. The molecule has 1 N–H and O–H groups in total. The predicted molar refractivity (Wildman–Crippen MR) is 79.4 cm³/mol. The fourth-order valence-electron chi connectivity index (χ4n) is 2.03. The lowest BCUT2D eigenvalue weighted by molar-refractivity contribution is 0.00919. The Morgan fingerprint density at radius 2 is 2.05 bits per heavy atom. The van der Waals surface area contributed by atoms with Crippen LogP contribution in [0, 0.1) is 0 Å². The Morgan fingerprint density at radius 1 is 1.45 bits per heavy atom. The van der Waals surface area contributed by atoms with Crippen LogP contribution in [-0.2, 0) is 11.3 Å².